The van der Waals surface area contributed by atoms with Crippen molar-refractivity contribution in [2.24, 2.45) is 5.92 Å². The summed E-state index contributed by atoms with van der Waals surface area (Å²) in [6.45, 7) is 1.88. The standard InChI is InChI=1S/C19H16F4N2O2/c1-11-10-14(6-7-16(11)20)25-9-8-15(18(25)27)17(26)24-13-4-2-12(3-5-13)19(21,22)23/h2-7,10,15H,8-9H2,1H3,(H,24,26). The predicted octanol–water partition coefficient (Wildman–Crippen LogP) is 4.14. The van der Waals surface area contributed by atoms with Crippen molar-refractivity contribution in [1.82, 2.24) is 0 Å². The van der Waals surface area contributed by atoms with Crippen LogP contribution in [0.15, 0.2) is 42.5 Å². The lowest BCUT2D eigenvalue weighted by atomic mass is 10.1. The molecule has 1 atom stereocenters. The van der Waals surface area contributed by atoms with Gasteiger partial charge < -0.3 is 10.2 Å². The normalized spacial score (nSPS) is 17.3. The molecule has 142 valence electrons. The van der Waals surface area contributed by atoms with E-state index in [-0.39, 0.29) is 17.9 Å². The smallest absolute Gasteiger partial charge is 0.325 e. The van der Waals surface area contributed by atoms with Crippen molar-refractivity contribution in [3.8, 4) is 0 Å². The molecule has 0 aliphatic carbocycles. The molecular formula is C19H16F4N2O2. The zero-order valence-corrected chi connectivity index (χ0v) is 14.3. The Bertz CT molecular complexity index is 878. The molecule has 27 heavy (non-hydrogen) atoms. The summed E-state index contributed by atoms with van der Waals surface area (Å²) >= 11 is 0. The molecule has 0 spiro atoms. The van der Waals surface area contributed by atoms with Crippen LogP contribution in [-0.4, -0.2) is 18.4 Å². The van der Waals surface area contributed by atoms with Gasteiger partial charge in [0.15, 0.2) is 0 Å². The highest BCUT2D eigenvalue weighted by molar-refractivity contribution is 6.13. The maximum Gasteiger partial charge on any atom is 0.416 e. The van der Waals surface area contributed by atoms with Gasteiger partial charge in [-0.15, -0.1) is 0 Å². The Morgan fingerprint density at radius 1 is 1.15 bits per heavy atom. The summed E-state index contributed by atoms with van der Waals surface area (Å²) < 4.78 is 51.1. The van der Waals surface area contributed by atoms with Crippen LogP contribution in [0.25, 0.3) is 0 Å². The first kappa shape index (κ1) is 18.9. The number of hydrogen-bond acceptors (Lipinski definition) is 2. The predicted molar refractivity (Wildman–Crippen MR) is 91.7 cm³/mol. The van der Waals surface area contributed by atoms with Crippen molar-refractivity contribution in [3.63, 3.8) is 0 Å². The van der Waals surface area contributed by atoms with Gasteiger partial charge in [0.1, 0.15) is 11.7 Å². The van der Waals surface area contributed by atoms with E-state index in [4.69, 9.17) is 0 Å². The third-order valence-electron chi connectivity index (χ3n) is 4.45. The molecule has 1 N–H and O–H groups in total. The van der Waals surface area contributed by atoms with Crippen LogP contribution in [0.4, 0.5) is 28.9 Å². The number of amides is 2. The van der Waals surface area contributed by atoms with E-state index >= 15 is 0 Å². The number of anilines is 2. The Labute approximate surface area is 152 Å². The second kappa shape index (κ2) is 7.02. The van der Waals surface area contributed by atoms with Crippen LogP contribution in [-0.2, 0) is 15.8 Å². The van der Waals surface area contributed by atoms with E-state index in [1.165, 1.54) is 23.1 Å². The number of halogens is 4. The van der Waals surface area contributed by atoms with E-state index in [1.54, 1.807) is 6.92 Å². The summed E-state index contributed by atoms with van der Waals surface area (Å²) in [7, 11) is 0. The Kier molecular flexibility index (Phi) is 4.91. The van der Waals surface area contributed by atoms with E-state index in [0.29, 0.717) is 17.8 Å². The Morgan fingerprint density at radius 2 is 1.81 bits per heavy atom. The van der Waals surface area contributed by atoms with Crippen molar-refractivity contribution in [2.45, 2.75) is 19.5 Å². The van der Waals surface area contributed by atoms with Crippen molar-refractivity contribution >= 4 is 23.2 Å². The van der Waals surface area contributed by atoms with E-state index in [0.717, 1.165) is 24.3 Å². The van der Waals surface area contributed by atoms with E-state index in [1.807, 2.05) is 0 Å². The fourth-order valence-electron chi connectivity index (χ4n) is 2.95. The second-order valence-electron chi connectivity index (χ2n) is 6.33. The molecule has 1 aliphatic heterocycles. The van der Waals surface area contributed by atoms with Crippen LogP contribution in [0, 0.1) is 18.7 Å². The fourth-order valence-corrected chi connectivity index (χ4v) is 2.95. The monoisotopic (exact) mass is 380 g/mol. The van der Waals surface area contributed by atoms with Gasteiger partial charge in [0, 0.05) is 17.9 Å². The molecule has 2 aromatic carbocycles. The summed E-state index contributed by atoms with van der Waals surface area (Å²) in [4.78, 5) is 26.3. The Morgan fingerprint density at radius 3 is 2.41 bits per heavy atom. The Balaban J connectivity index is 1.69. The number of rotatable bonds is 3. The number of nitrogens with one attached hydrogen (secondary N) is 1. The minimum atomic E-state index is -4.46. The van der Waals surface area contributed by atoms with Gasteiger partial charge in [-0.3, -0.25) is 9.59 Å². The number of carbonyl (C=O) groups is 2. The fraction of sp³-hybridized carbons (Fsp3) is 0.263. The summed E-state index contributed by atoms with van der Waals surface area (Å²) in [5.41, 5.74) is 0.244. The van der Waals surface area contributed by atoms with Crippen LogP contribution in [0.2, 0.25) is 0 Å². The van der Waals surface area contributed by atoms with Crippen molar-refractivity contribution in [1.29, 1.82) is 0 Å². The first-order valence-electron chi connectivity index (χ1n) is 8.22. The lowest BCUT2D eigenvalue weighted by Crippen LogP contribution is -2.33. The average Bonchev–Trinajstić information content (AvgIpc) is 2.98. The highest BCUT2D eigenvalue weighted by Crippen LogP contribution is 2.31. The molecule has 1 saturated heterocycles. The van der Waals surface area contributed by atoms with Gasteiger partial charge in [0.05, 0.1) is 5.56 Å². The van der Waals surface area contributed by atoms with Crippen LogP contribution in [0.3, 0.4) is 0 Å². The summed E-state index contributed by atoms with van der Waals surface area (Å²) in [6, 6.07) is 8.26. The number of benzene rings is 2. The third-order valence-corrected chi connectivity index (χ3v) is 4.45. The molecular weight excluding hydrogens is 364 g/mol. The highest BCUT2D eigenvalue weighted by Gasteiger charge is 2.38. The van der Waals surface area contributed by atoms with Crippen molar-refractivity contribution in [2.75, 3.05) is 16.8 Å². The lowest BCUT2D eigenvalue weighted by molar-refractivity contribution is -0.137. The number of carbonyl (C=O) groups excluding carboxylic acids is 2. The molecule has 1 unspecified atom stereocenters. The molecule has 2 aromatic rings. The molecule has 1 aliphatic rings. The van der Waals surface area contributed by atoms with Gasteiger partial charge in [-0.05, 0) is 61.4 Å². The van der Waals surface area contributed by atoms with Crippen molar-refractivity contribution < 1.29 is 27.2 Å². The maximum atomic E-state index is 13.4. The first-order chi connectivity index (χ1) is 12.7. The molecule has 3 rings (SSSR count). The lowest BCUT2D eigenvalue weighted by Gasteiger charge is -2.17. The van der Waals surface area contributed by atoms with Gasteiger partial charge in [0.2, 0.25) is 11.8 Å². The topological polar surface area (TPSA) is 49.4 Å². The largest absolute Gasteiger partial charge is 0.416 e. The molecule has 2 amide bonds. The van der Waals surface area contributed by atoms with Gasteiger partial charge in [-0.25, -0.2) is 4.39 Å². The minimum absolute atomic E-state index is 0.178. The molecule has 1 heterocycles. The summed E-state index contributed by atoms with van der Waals surface area (Å²) in [5.74, 6) is -2.34. The number of nitrogens with zero attached hydrogens (tertiary/aromatic N) is 1. The van der Waals surface area contributed by atoms with E-state index < -0.39 is 29.5 Å². The van der Waals surface area contributed by atoms with Crippen LogP contribution >= 0.6 is 0 Å². The molecule has 8 heteroatoms. The molecule has 0 aromatic heterocycles. The number of alkyl halides is 3. The zero-order chi connectivity index (χ0) is 19.8. The quantitative estimate of drug-likeness (QED) is 0.643. The van der Waals surface area contributed by atoms with Gasteiger partial charge in [-0.2, -0.15) is 13.2 Å². The summed E-state index contributed by atoms with van der Waals surface area (Å²) in [5, 5.41) is 2.47. The molecule has 0 saturated carbocycles. The van der Waals surface area contributed by atoms with Crippen LogP contribution in [0.5, 0.6) is 0 Å². The van der Waals surface area contributed by atoms with E-state index in [2.05, 4.69) is 5.32 Å². The molecule has 1 fully saturated rings. The molecule has 0 radical (unpaired) electrons. The van der Waals surface area contributed by atoms with Crippen molar-refractivity contribution in [3.05, 3.63) is 59.4 Å². The highest BCUT2D eigenvalue weighted by atomic mass is 19.4. The summed E-state index contributed by atoms with van der Waals surface area (Å²) in [6.07, 6.45) is -4.19. The number of hydrogen-bond donors (Lipinski definition) is 1. The minimum Gasteiger partial charge on any atom is -0.325 e. The zero-order valence-electron chi connectivity index (χ0n) is 14.3. The average molecular weight is 380 g/mol. The van der Waals surface area contributed by atoms with Crippen LogP contribution in [0.1, 0.15) is 17.5 Å². The third kappa shape index (κ3) is 3.94. The molecule has 0 bridgehead atoms. The van der Waals surface area contributed by atoms with Crippen LogP contribution < -0.4 is 10.2 Å². The molecule has 4 nitrogen and oxygen atoms in total. The SMILES string of the molecule is Cc1cc(N2CCC(C(=O)Nc3ccc(C(F)(F)F)cc3)C2=O)ccc1F. The first-order valence-corrected chi connectivity index (χ1v) is 8.22. The van der Waals surface area contributed by atoms with Gasteiger partial charge >= 0.3 is 6.18 Å². The second-order valence-corrected chi connectivity index (χ2v) is 6.33. The maximum absolute atomic E-state index is 13.4. The van der Waals surface area contributed by atoms with E-state index in [9.17, 15) is 27.2 Å². The number of aryl methyl sites for hydroxylation is 1. The van der Waals surface area contributed by atoms with Gasteiger partial charge in [0.25, 0.3) is 0 Å². The Hall–Kier alpha value is -2.90. The van der Waals surface area contributed by atoms with Gasteiger partial charge in [-0.1, -0.05) is 0 Å².